The van der Waals surface area contributed by atoms with Gasteiger partial charge < -0.3 is 10.1 Å². The predicted molar refractivity (Wildman–Crippen MR) is 102 cm³/mol. The minimum atomic E-state index is -3.49. The molecule has 0 aliphatic rings. The van der Waals surface area contributed by atoms with Crippen molar-refractivity contribution < 1.29 is 18.3 Å². The van der Waals surface area contributed by atoms with Crippen LogP contribution in [0.3, 0.4) is 0 Å². The molecule has 10 heteroatoms. The van der Waals surface area contributed by atoms with E-state index in [1.165, 1.54) is 19.5 Å². The quantitative estimate of drug-likeness (QED) is 0.618. The fraction of sp³-hybridized carbons (Fsp3) is 0.333. The maximum Gasteiger partial charge on any atom is 0.321 e. The third-order valence-corrected chi connectivity index (χ3v) is 4.72. The number of ether oxygens (including phenoxy) is 1. The van der Waals surface area contributed by atoms with Gasteiger partial charge in [-0.1, -0.05) is 15.9 Å². The number of carbonyl (C=O) groups excluding carboxylic acids is 1. The van der Waals surface area contributed by atoms with Gasteiger partial charge in [0.2, 0.25) is 0 Å². The van der Waals surface area contributed by atoms with Crippen molar-refractivity contribution in [1.29, 1.82) is 0 Å². The van der Waals surface area contributed by atoms with E-state index in [1.54, 1.807) is 17.8 Å². The molecule has 7 nitrogen and oxygen atoms in total. The zero-order valence-electron chi connectivity index (χ0n) is 15.4. The monoisotopic (exact) mass is 453 g/mol. The molecule has 0 saturated heterocycles. The highest BCUT2D eigenvalue weighted by Crippen LogP contribution is 2.28. The van der Waals surface area contributed by atoms with Crippen LogP contribution in [0.25, 0.3) is 10.9 Å². The second-order valence-electron chi connectivity index (χ2n) is 6.39. The van der Waals surface area contributed by atoms with E-state index >= 15 is 0 Å². The minimum absolute atomic E-state index is 0.175. The average Bonchev–Trinajstić information content (AvgIpc) is 3.04. The number of aromatic nitrogens is 4. The molecule has 28 heavy (non-hydrogen) atoms. The Morgan fingerprint density at radius 2 is 1.96 bits per heavy atom. The van der Waals surface area contributed by atoms with Crippen molar-refractivity contribution in [2.45, 2.75) is 31.9 Å². The molecule has 3 aromatic rings. The van der Waals surface area contributed by atoms with Crippen LogP contribution in [0.5, 0.6) is 6.01 Å². The van der Waals surface area contributed by atoms with E-state index in [4.69, 9.17) is 4.74 Å². The summed E-state index contributed by atoms with van der Waals surface area (Å²) in [5.74, 6) is -4.86. The number of amides is 1. The Morgan fingerprint density at radius 3 is 2.57 bits per heavy atom. The highest BCUT2D eigenvalue weighted by Gasteiger charge is 2.35. The lowest BCUT2D eigenvalue weighted by Crippen LogP contribution is -2.46. The van der Waals surface area contributed by atoms with Gasteiger partial charge in [-0.15, -0.1) is 0 Å². The van der Waals surface area contributed by atoms with Gasteiger partial charge >= 0.3 is 11.9 Å². The molecule has 1 N–H and O–H groups in total. The maximum atomic E-state index is 13.4. The normalized spacial score (nSPS) is 13.9. The number of halogens is 3. The molecule has 2 atom stereocenters. The van der Waals surface area contributed by atoms with Crippen molar-refractivity contribution in [2.24, 2.45) is 0 Å². The first kappa shape index (κ1) is 20.1. The molecule has 0 unspecified atom stereocenters. The number of methoxy groups -OCH3 is 1. The number of nitrogens with one attached hydrogen (secondary N) is 1. The van der Waals surface area contributed by atoms with Gasteiger partial charge in [0.15, 0.2) is 0 Å². The van der Waals surface area contributed by atoms with Crippen LogP contribution in [0.15, 0.2) is 41.3 Å². The lowest BCUT2D eigenvalue weighted by atomic mass is 10.0. The molecule has 3 rings (SSSR count). The number of alkyl halides is 2. The zero-order chi connectivity index (χ0) is 20.5. The molecule has 0 spiro atoms. The van der Waals surface area contributed by atoms with Crippen LogP contribution in [-0.4, -0.2) is 44.7 Å². The van der Waals surface area contributed by atoms with Gasteiger partial charge in [-0.2, -0.15) is 13.9 Å². The zero-order valence-corrected chi connectivity index (χ0v) is 16.9. The molecular weight excluding hydrogens is 436 g/mol. The summed E-state index contributed by atoms with van der Waals surface area (Å²) >= 11 is 3.41. The summed E-state index contributed by atoms with van der Waals surface area (Å²) in [7, 11) is 1.44. The van der Waals surface area contributed by atoms with Crippen LogP contribution in [0, 0.1) is 0 Å². The summed E-state index contributed by atoms with van der Waals surface area (Å²) < 4.78 is 34.3. The summed E-state index contributed by atoms with van der Waals surface area (Å²) in [5.41, 5.74) is 1.36. The Balaban J connectivity index is 2.06. The van der Waals surface area contributed by atoms with Crippen LogP contribution in [0.4, 0.5) is 8.78 Å². The van der Waals surface area contributed by atoms with E-state index in [9.17, 15) is 13.6 Å². The van der Waals surface area contributed by atoms with Crippen LogP contribution >= 0.6 is 15.9 Å². The number of benzene rings is 1. The second kappa shape index (κ2) is 7.78. The third kappa shape index (κ3) is 4.11. The van der Waals surface area contributed by atoms with Gasteiger partial charge in [-0.05, 0) is 25.1 Å². The molecule has 0 bridgehead atoms. The fourth-order valence-corrected chi connectivity index (χ4v) is 3.26. The number of hydrogen-bond acceptors (Lipinski definition) is 5. The Bertz CT molecular complexity index is 988. The Kier molecular flexibility index (Phi) is 5.59. The summed E-state index contributed by atoms with van der Waals surface area (Å²) in [4.78, 5) is 20.0. The number of rotatable bonds is 6. The van der Waals surface area contributed by atoms with E-state index in [0.717, 1.165) is 15.4 Å². The van der Waals surface area contributed by atoms with Gasteiger partial charge in [-0.25, -0.2) is 9.97 Å². The predicted octanol–water partition coefficient (Wildman–Crippen LogP) is 3.35. The number of carbonyl (C=O) groups is 1. The number of hydrogen-bond donors (Lipinski definition) is 1. The summed E-state index contributed by atoms with van der Waals surface area (Å²) in [6.45, 7) is 2.19. The van der Waals surface area contributed by atoms with Crippen LogP contribution in [-0.2, 0) is 4.79 Å². The molecule has 0 fully saturated rings. The molecule has 2 aromatic heterocycles. The first-order valence-electron chi connectivity index (χ1n) is 8.38. The Morgan fingerprint density at radius 1 is 1.29 bits per heavy atom. The molecular formula is C18H18BrF2N5O2. The summed E-state index contributed by atoms with van der Waals surface area (Å²) in [6, 6.07) is 4.44. The van der Waals surface area contributed by atoms with Gasteiger partial charge in [0, 0.05) is 34.7 Å². The number of fused-ring (bicyclic) bond motifs is 1. The average molecular weight is 454 g/mol. The van der Waals surface area contributed by atoms with E-state index < -0.39 is 23.9 Å². The molecule has 1 amide bonds. The molecule has 0 saturated carbocycles. The standard InChI is InChI=1S/C18H18BrF2N5O2/c1-10(25-16(27)18(2,20)21)15(12-7-22-17(28-3)23-8-12)26-14-5-4-13(19)6-11(14)9-24-26/h4-10,15H,1-3H3,(H,25,27)/t10-,15-/m0/s1. The van der Waals surface area contributed by atoms with Gasteiger partial charge in [-0.3, -0.25) is 9.48 Å². The summed E-state index contributed by atoms with van der Waals surface area (Å²) in [5, 5.41) is 7.64. The van der Waals surface area contributed by atoms with E-state index in [-0.39, 0.29) is 6.01 Å². The van der Waals surface area contributed by atoms with Crippen LogP contribution in [0.1, 0.15) is 25.5 Å². The van der Waals surface area contributed by atoms with E-state index in [1.807, 2.05) is 18.2 Å². The molecule has 0 radical (unpaired) electrons. The summed E-state index contributed by atoms with van der Waals surface area (Å²) in [6.07, 6.45) is 4.71. The highest BCUT2D eigenvalue weighted by atomic mass is 79.9. The largest absolute Gasteiger partial charge is 0.467 e. The van der Waals surface area contributed by atoms with Crippen LogP contribution in [0.2, 0.25) is 0 Å². The van der Waals surface area contributed by atoms with Crippen molar-refractivity contribution in [3.05, 3.63) is 46.8 Å². The SMILES string of the molecule is COc1ncc([C@H]([C@H](C)NC(=O)C(C)(F)F)n2ncc3cc(Br)ccc32)cn1. The van der Waals surface area contributed by atoms with E-state index in [2.05, 4.69) is 36.3 Å². The lowest BCUT2D eigenvalue weighted by Gasteiger charge is -2.27. The highest BCUT2D eigenvalue weighted by molar-refractivity contribution is 9.10. The number of nitrogens with zero attached hydrogens (tertiary/aromatic N) is 4. The first-order chi connectivity index (χ1) is 13.2. The molecule has 2 heterocycles. The second-order valence-corrected chi connectivity index (χ2v) is 7.31. The van der Waals surface area contributed by atoms with Crippen LogP contribution < -0.4 is 10.1 Å². The first-order valence-corrected chi connectivity index (χ1v) is 9.17. The maximum absolute atomic E-state index is 13.4. The van der Waals surface area contributed by atoms with Crippen molar-refractivity contribution in [2.75, 3.05) is 7.11 Å². The van der Waals surface area contributed by atoms with Gasteiger partial charge in [0.1, 0.15) is 6.04 Å². The van der Waals surface area contributed by atoms with Gasteiger partial charge in [0.05, 0.1) is 24.9 Å². The van der Waals surface area contributed by atoms with Crippen molar-refractivity contribution in [1.82, 2.24) is 25.1 Å². The smallest absolute Gasteiger partial charge is 0.321 e. The topological polar surface area (TPSA) is 81.9 Å². The molecule has 0 aliphatic carbocycles. The fourth-order valence-electron chi connectivity index (χ4n) is 2.88. The Labute approximate surface area is 168 Å². The van der Waals surface area contributed by atoms with Gasteiger partial charge in [0.25, 0.3) is 5.91 Å². The molecule has 1 aromatic carbocycles. The van der Waals surface area contributed by atoms with Crippen molar-refractivity contribution in [3.63, 3.8) is 0 Å². The van der Waals surface area contributed by atoms with Crippen molar-refractivity contribution in [3.8, 4) is 6.01 Å². The molecule has 0 aliphatic heterocycles. The Hall–Kier alpha value is -2.62. The molecule has 148 valence electrons. The lowest BCUT2D eigenvalue weighted by molar-refractivity contribution is -0.143. The third-order valence-electron chi connectivity index (χ3n) is 4.22. The van der Waals surface area contributed by atoms with Crippen molar-refractivity contribution >= 4 is 32.7 Å². The van der Waals surface area contributed by atoms with E-state index in [0.29, 0.717) is 12.5 Å². The minimum Gasteiger partial charge on any atom is -0.467 e.